The van der Waals surface area contributed by atoms with Crippen LogP contribution in [0.1, 0.15) is 47.0 Å². The molecule has 0 saturated carbocycles. The molecule has 0 aliphatic carbocycles. The van der Waals surface area contributed by atoms with Crippen molar-refractivity contribution in [1.82, 2.24) is 15.3 Å². The van der Waals surface area contributed by atoms with Crippen LogP contribution in [-0.4, -0.2) is 56.4 Å². The lowest BCUT2D eigenvalue weighted by Crippen LogP contribution is -2.36. The molecule has 0 amide bonds. The Balaban J connectivity index is 0.000000263. The van der Waals surface area contributed by atoms with Gasteiger partial charge in [0.15, 0.2) is 0 Å². The number of methoxy groups -OCH3 is 2. The number of halogens is 2. The average molecular weight is 680 g/mol. The highest BCUT2D eigenvalue weighted by atomic mass is 35.5. The Hall–Kier alpha value is -3.82. The van der Waals surface area contributed by atoms with Crippen LogP contribution >= 0.6 is 24.0 Å². The van der Waals surface area contributed by atoms with Gasteiger partial charge in [0.1, 0.15) is 11.5 Å². The fourth-order valence-electron chi connectivity index (χ4n) is 5.91. The van der Waals surface area contributed by atoms with Crippen molar-refractivity contribution in [2.24, 2.45) is 17.8 Å². The Labute approximate surface area is 291 Å². The van der Waals surface area contributed by atoms with Crippen molar-refractivity contribution in [3.05, 3.63) is 77.4 Å². The number of benzene rings is 2. The number of nitriles is 1. The molecule has 2 aromatic carbocycles. The summed E-state index contributed by atoms with van der Waals surface area (Å²) in [5, 5.41) is 14.7. The highest BCUT2D eigenvalue weighted by Crippen LogP contribution is 2.32. The molecular weight excluding hydrogens is 631 g/mol. The third-order valence-electron chi connectivity index (χ3n) is 8.88. The Morgan fingerprint density at radius 3 is 2.00 bits per heavy atom. The highest BCUT2D eigenvalue weighted by molar-refractivity contribution is 6.35. The summed E-state index contributed by atoms with van der Waals surface area (Å²) in [7, 11) is 3.31. The van der Waals surface area contributed by atoms with E-state index in [9.17, 15) is 0 Å². The molecule has 0 radical (unpaired) electrons. The summed E-state index contributed by atoms with van der Waals surface area (Å²) in [6.07, 6.45) is 8.07. The first-order chi connectivity index (χ1) is 21.9. The predicted octanol–water partition coefficient (Wildman–Crippen LogP) is 8.87. The van der Waals surface area contributed by atoms with Crippen LogP contribution in [0, 0.1) is 35.7 Å². The van der Waals surface area contributed by atoms with Crippen LogP contribution in [0.25, 0.3) is 26.7 Å². The summed E-state index contributed by atoms with van der Waals surface area (Å²) in [4.78, 5) is 14.7. The number of anilines is 1. The van der Waals surface area contributed by atoms with Crippen molar-refractivity contribution in [3.8, 4) is 17.6 Å². The van der Waals surface area contributed by atoms with Gasteiger partial charge in [-0.15, -0.1) is 12.4 Å². The Morgan fingerprint density at radius 1 is 0.894 bits per heavy atom. The van der Waals surface area contributed by atoms with Gasteiger partial charge in [0.25, 0.3) is 0 Å². The van der Waals surface area contributed by atoms with E-state index in [1.54, 1.807) is 26.5 Å². The summed E-state index contributed by atoms with van der Waals surface area (Å²) in [6, 6.07) is 18.0. The molecule has 2 fully saturated rings. The van der Waals surface area contributed by atoms with Crippen molar-refractivity contribution in [2.75, 3.05) is 45.3 Å². The number of fused-ring (bicyclic) bond motifs is 2. The van der Waals surface area contributed by atoms with Gasteiger partial charge in [-0.25, -0.2) is 6.57 Å². The zero-order chi connectivity index (χ0) is 32.2. The zero-order valence-electron chi connectivity index (χ0n) is 27.1. The van der Waals surface area contributed by atoms with Crippen molar-refractivity contribution < 1.29 is 9.47 Å². The Morgan fingerprint density at radius 2 is 1.45 bits per heavy atom. The number of aromatic nitrogens is 2. The van der Waals surface area contributed by atoms with E-state index in [4.69, 9.17) is 32.9 Å². The van der Waals surface area contributed by atoms with Crippen molar-refractivity contribution in [1.29, 1.82) is 5.26 Å². The van der Waals surface area contributed by atoms with Gasteiger partial charge in [-0.2, -0.15) is 5.26 Å². The average Bonchev–Trinajstić information content (AvgIpc) is 3.11. The van der Waals surface area contributed by atoms with E-state index in [1.807, 2.05) is 50.4 Å². The predicted molar refractivity (Wildman–Crippen MR) is 197 cm³/mol. The third-order valence-corrected chi connectivity index (χ3v) is 9.21. The first kappa shape index (κ1) is 39.4. The number of hydrogen-bond donors (Lipinski definition) is 1. The van der Waals surface area contributed by atoms with Gasteiger partial charge in [-0.1, -0.05) is 19.0 Å². The van der Waals surface area contributed by atoms with Crippen LogP contribution in [0.5, 0.6) is 11.5 Å². The van der Waals surface area contributed by atoms with E-state index in [-0.39, 0.29) is 31.8 Å². The molecular formula is C37H48Cl2N6O2. The molecule has 2 aliphatic heterocycles. The van der Waals surface area contributed by atoms with E-state index in [0.29, 0.717) is 16.9 Å². The van der Waals surface area contributed by atoms with Gasteiger partial charge in [0.2, 0.25) is 6.04 Å². The fourth-order valence-corrected chi connectivity index (χ4v) is 6.13. The number of piperidine rings is 2. The third kappa shape index (κ3) is 10.6. The molecule has 2 unspecified atom stereocenters. The number of nitrogens with zero attached hydrogens (tertiary/aromatic N) is 5. The van der Waals surface area contributed by atoms with Gasteiger partial charge in [-0.3, -0.25) is 9.97 Å². The summed E-state index contributed by atoms with van der Waals surface area (Å²) in [5.41, 5.74) is 3.06. The molecule has 0 spiro atoms. The largest absolute Gasteiger partial charge is 0.497 e. The normalized spacial score (nSPS) is 15.9. The maximum absolute atomic E-state index is 8.62. The van der Waals surface area contributed by atoms with Crippen LogP contribution in [0.3, 0.4) is 0 Å². The van der Waals surface area contributed by atoms with Gasteiger partial charge >= 0.3 is 0 Å². The van der Waals surface area contributed by atoms with Gasteiger partial charge < -0.3 is 24.5 Å². The minimum Gasteiger partial charge on any atom is -0.497 e. The van der Waals surface area contributed by atoms with E-state index in [2.05, 4.69) is 43.2 Å². The minimum atomic E-state index is 0. The zero-order valence-corrected chi connectivity index (χ0v) is 28.7. The first-order valence-corrected chi connectivity index (χ1v) is 16.0. The SMILES string of the molecule is C.CC(C#N)C1CCNCC1.COc1ccc2c(Cl)ccnc2c1.Cl.[C-]#[N+]C(C)C1CCN(c2ccnc3cc(OC)ccc23)CC1. The number of nitrogens with one attached hydrogen (secondary N) is 1. The lowest BCUT2D eigenvalue weighted by atomic mass is 9.87. The molecule has 4 aromatic rings. The van der Waals surface area contributed by atoms with Crippen molar-refractivity contribution >= 4 is 51.5 Å². The number of hydrogen-bond acceptors (Lipinski definition) is 7. The lowest BCUT2D eigenvalue weighted by Gasteiger charge is -2.33. The van der Waals surface area contributed by atoms with Crippen molar-refractivity contribution in [2.45, 2.75) is 53.0 Å². The van der Waals surface area contributed by atoms with Crippen LogP contribution < -0.4 is 19.7 Å². The van der Waals surface area contributed by atoms with Crippen LogP contribution in [0.15, 0.2) is 60.9 Å². The highest BCUT2D eigenvalue weighted by Gasteiger charge is 2.27. The Bertz CT molecular complexity index is 1630. The van der Waals surface area contributed by atoms with E-state index in [1.165, 1.54) is 23.9 Å². The maximum atomic E-state index is 8.62. The summed E-state index contributed by atoms with van der Waals surface area (Å²) >= 11 is 5.97. The standard InChI is InChI=1S/C18H21N3O.C10H8ClNO.C8H14N2.CH4.ClH/c1-13(19-2)14-7-10-21(11-8-14)18-6-9-20-17-12-15(22-3)4-5-16(17)18;1-13-7-2-3-8-9(11)4-5-12-10(8)6-7;1-7(6-9)8-2-4-10-5-3-8;;/h4-6,9,12-14H,7-8,10-11H2,1,3H3;2-6H,1H3;7-8,10H,2-5H2,1H3;1H4;1H. The molecule has 10 heteroatoms. The Kier molecular flexibility index (Phi) is 16.5. The molecule has 252 valence electrons. The second-order valence-corrected chi connectivity index (χ2v) is 12.0. The van der Waals surface area contributed by atoms with Crippen LogP contribution in [-0.2, 0) is 0 Å². The van der Waals surface area contributed by atoms with E-state index < -0.39 is 0 Å². The number of pyridine rings is 2. The molecule has 1 N–H and O–H groups in total. The topological polar surface area (TPSA) is 87.7 Å². The molecule has 2 aliphatic rings. The molecule has 2 atom stereocenters. The first-order valence-electron chi connectivity index (χ1n) is 15.6. The quantitative estimate of drug-likeness (QED) is 0.211. The molecule has 2 saturated heterocycles. The second-order valence-electron chi connectivity index (χ2n) is 11.6. The van der Waals surface area contributed by atoms with Crippen LogP contribution in [0.4, 0.5) is 5.69 Å². The smallest absolute Gasteiger partial charge is 0.223 e. The number of rotatable bonds is 5. The monoisotopic (exact) mass is 678 g/mol. The van der Waals surface area contributed by atoms with Gasteiger partial charge in [0.05, 0.1) is 36.3 Å². The summed E-state index contributed by atoms with van der Waals surface area (Å²) < 4.78 is 10.4. The maximum Gasteiger partial charge on any atom is 0.223 e. The molecule has 2 aromatic heterocycles. The van der Waals surface area contributed by atoms with E-state index >= 15 is 0 Å². The summed E-state index contributed by atoms with van der Waals surface area (Å²) in [6.45, 7) is 15.5. The van der Waals surface area contributed by atoms with Crippen molar-refractivity contribution in [3.63, 3.8) is 0 Å². The van der Waals surface area contributed by atoms with Gasteiger partial charge in [0, 0.05) is 72.8 Å². The fraction of sp³-hybridized carbons (Fsp3) is 0.459. The molecule has 6 rings (SSSR count). The van der Waals surface area contributed by atoms with E-state index in [0.717, 1.165) is 66.9 Å². The van der Waals surface area contributed by atoms with Crippen LogP contribution in [0.2, 0.25) is 5.02 Å². The van der Waals surface area contributed by atoms with Gasteiger partial charge in [-0.05, 0) is 88.0 Å². The second kappa shape index (κ2) is 19.8. The summed E-state index contributed by atoms with van der Waals surface area (Å²) in [5.74, 6) is 3.05. The molecule has 4 heterocycles. The molecule has 0 bridgehead atoms. The lowest BCUT2D eigenvalue weighted by molar-refractivity contribution is 0.318. The minimum absolute atomic E-state index is 0. The molecule has 8 nitrogen and oxygen atoms in total. The molecule has 47 heavy (non-hydrogen) atoms. The number of ether oxygens (including phenoxy) is 2.